The first-order valence-electron chi connectivity index (χ1n) is 8.43. The van der Waals surface area contributed by atoms with Crippen LogP contribution in [-0.2, 0) is 11.3 Å². The minimum absolute atomic E-state index is 0.0472. The van der Waals surface area contributed by atoms with Crippen LogP contribution in [0.1, 0.15) is 28.8 Å². The quantitative estimate of drug-likeness (QED) is 0.564. The second kappa shape index (κ2) is 8.29. The van der Waals surface area contributed by atoms with Crippen LogP contribution in [0.5, 0.6) is 0 Å². The highest BCUT2D eigenvalue weighted by Gasteiger charge is 2.27. The zero-order valence-corrected chi connectivity index (χ0v) is 14.9. The fraction of sp³-hybridized carbons (Fsp3) is 0.316. The third kappa shape index (κ3) is 4.39. The summed E-state index contributed by atoms with van der Waals surface area (Å²) in [6.45, 7) is 1.41. The maximum atomic E-state index is 13.1. The van der Waals surface area contributed by atoms with Gasteiger partial charge < -0.3 is 9.64 Å². The third-order valence-corrected chi connectivity index (χ3v) is 4.61. The Morgan fingerprint density at radius 3 is 2.62 bits per heavy atom. The molecule has 0 N–H and O–H groups in total. The van der Waals surface area contributed by atoms with Crippen molar-refractivity contribution >= 4 is 23.2 Å². The Kier molecular flexibility index (Phi) is 5.85. The molecule has 2 aromatic carbocycles. The van der Waals surface area contributed by atoms with E-state index in [1.807, 2.05) is 12.1 Å². The van der Waals surface area contributed by atoms with Crippen LogP contribution in [0.25, 0.3) is 0 Å². The molecule has 0 spiro atoms. The maximum Gasteiger partial charge on any atom is 0.282 e. The predicted molar refractivity (Wildman–Crippen MR) is 98.3 cm³/mol. The summed E-state index contributed by atoms with van der Waals surface area (Å²) < 4.78 is 5.66. The molecule has 1 heterocycles. The zero-order valence-electron chi connectivity index (χ0n) is 14.1. The fourth-order valence-corrected chi connectivity index (χ4v) is 3.17. The molecular formula is C19H19ClN2O4. The van der Waals surface area contributed by atoms with Gasteiger partial charge in [0, 0.05) is 30.8 Å². The van der Waals surface area contributed by atoms with E-state index in [2.05, 4.69) is 0 Å². The summed E-state index contributed by atoms with van der Waals surface area (Å²) in [5.74, 6) is -0.372. The van der Waals surface area contributed by atoms with Crippen LogP contribution in [0.15, 0.2) is 48.5 Å². The van der Waals surface area contributed by atoms with Gasteiger partial charge in [-0.05, 0) is 36.6 Å². The average molecular weight is 375 g/mol. The van der Waals surface area contributed by atoms with E-state index < -0.39 is 4.92 Å². The Hall–Kier alpha value is -2.44. The first kappa shape index (κ1) is 18.4. The van der Waals surface area contributed by atoms with Crippen molar-refractivity contribution in [1.29, 1.82) is 0 Å². The molecule has 0 radical (unpaired) electrons. The number of rotatable bonds is 6. The molecule has 0 saturated carbocycles. The Morgan fingerprint density at radius 1 is 1.23 bits per heavy atom. The predicted octanol–water partition coefficient (Wildman–Crippen LogP) is 4.07. The highest BCUT2D eigenvalue weighted by atomic mass is 35.5. The minimum Gasteiger partial charge on any atom is -0.376 e. The van der Waals surface area contributed by atoms with Crippen LogP contribution in [0.4, 0.5) is 5.69 Å². The lowest BCUT2D eigenvalue weighted by atomic mass is 10.1. The normalized spacial score (nSPS) is 16.4. The van der Waals surface area contributed by atoms with Crippen molar-refractivity contribution in [1.82, 2.24) is 4.90 Å². The minimum atomic E-state index is -0.528. The number of carbonyl (C=O) groups excluding carboxylic acids is 1. The molecule has 136 valence electrons. The lowest BCUT2D eigenvalue weighted by molar-refractivity contribution is -0.385. The molecule has 7 heteroatoms. The molecule has 1 amide bonds. The van der Waals surface area contributed by atoms with Gasteiger partial charge in [-0.1, -0.05) is 35.9 Å². The van der Waals surface area contributed by atoms with Gasteiger partial charge in [0.2, 0.25) is 0 Å². The van der Waals surface area contributed by atoms with Crippen LogP contribution < -0.4 is 0 Å². The van der Waals surface area contributed by atoms with Crippen molar-refractivity contribution in [3.05, 3.63) is 74.8 Å². The van der Waals surface area contributed by atoms with Crippen LogP contribution >= 0.6 is 11.6 Å². The van der Waals surface area contributed by atoms with Gasteiger partial charge in [-0.15, -0.1) is 0 Å². The molecule has 6 nitrogen and oxygen atoms in total. The number of ether oxygens (including phenoxy) is 1. The fourth-order valence-electron chi connectivity index (χ4n) is 3.05. The molecule has 1 saturated heterocycles. The van der Waals surface area contributed by atoms with Gasteiger partial charge in [0.15, 0.2) is 0 Å². The van der Waals surface area contributed by atoms with E-state index in [4.69, 9.17) is 16.3 Å². The number of nitro groups is 1. The van der Waals surface area contributed by atoms with Crippen LogP contribution in [-0.4, -0.2) is 35.0 Å². The van der Waals surface area contributed by atoms with Crippen molar-refractivity contribution in [2.45, 2.75) is 25.5 Å². The summed E-state index contributed by atoms with van der Waals surface area (Å²) >= 11 is 5.92. The number of hydrogen-bond acceptors (Lipinski definition) is 4. The summed E-state index contributed by atoms with van der Waals surface area (Å²) in [4.78, 5) is 25.4. The first-order valence-corrected chi connectivity index (χ1v) is 8.81. The molecule has 0 bridgehead atoms. The molecule has 1 fully saturated rings. The standard InChI is InChI=1S/C19H19ClN2O4/c20-15-9-7-14(8-10-15)12-21(13-16-4-3-11-26-16)19(23)17-5-1-2-6-18(17)22(24)25/h1-2,5-10,16H,3-4,11-13H2/t16-/m0/s1. The van der Waals surface area contributed by atoms with Crippen LogP contribution in [0.3, 0.4) is 0 Å². The van der Waals surface area contributed by atoms with Gasteiger partial charge in [0.25, 0.3) is 11.6 Å². The SMILES string of the molecule is O=C(c1ccccc1[N+](=O)[O-])N(Cc1ccc(Cl)cc1)C[C@@H]1CCCO1. The van der Waals surface area contributed by atoms with Crippen LogP contribution in [0.2, 0.25) is 5.02 Å². The van der Waals surface area contributed by atoms with E-state index in [0.29, 0.717) is 24.7 Å². The highest BCUT2D eigenvalue weighted by Crippen LogP contribution is 2.23. The average Bonchev–Trinajstić information content (AvgIpc) is 3.15. The Balaban J connectivity index is 1.87. The zero-order chi connectivity index (χ0) is 18.5. The number of nitrogens with zero attached hydrogens (tertiary/aromatic N) is 2. The number of hydrogen-bond donors (Lipinski definition) is 0. The number of benzene rings is 2. The van der Waals surface area contributed by atoms with Gasteiger partial charge in [-0.3, -0.25) is 14.9 Å². The number of carbonyl (C=O) groups is 1. The third-order valence-electron chi connectivity index (χ3n) is 4.35. The Labute approximate surface area is 156 Å². The van der Waals surface area contributed by atoms with Crippen molar-refractivity contribution in [2.24, 2.45) is 0 Å². The Bertz CT molecular complexity index is 788. The van der Waals surface area contributed by atoms with E-state index in [0.717, 1.165) is 18.4 Å². The summed E-state index contributed by atoms with van der Waals surface area (Å²) in [7, 11) is 0. The molecule has 0 aliphatic carbocycles. The summed E-state index contributed by atoms with van der Waals surface area (Å²) in [6, 6.07) is 13.2. The Morgan fingerprint density at radius 2 is 1.96 bits per heavy atom. The van der Waals surface area contributed by atoms with Gasteiger partial charge >= 0.3 is 0 Å². The van der Waals surface area contributed by atoms with Gasteiger partial charge in [0.05, 0.1) is 11.0 Å². The maximum absolute atomic E-state index is 13.1. The van der Waals surface area contributed by atoms with E-state index in [1.165, 1.54) is 12.1 Å². The van der Waals surface area contributed by atoms with Gasteiger partial charge in [-0.25, -0.2) is 0 Å². The summed E-state index contributed by atoms with van der Waals surface area (Å²) in [5, 5.41) is 11.9. The van der Waals surface area contributed by atoms with Crippen molar-refractivity contribution in [3.8, 4) is 0 Å². The van der Waals surface area contributed by atoms with E-state index in [1.54, 1.807) is 29.2 Å². The second-order valence-corrected chi connectivity index (χ2v) is 6.66. The van der Waals surface area contributed by atoms with Crippen molar-refractivity contribution in [3.63, 3.8) is 0 Å². The topological polar surface area (TPSA) is 72.7 Å². The molecule has 2 aromatic rings. The molecule has 26 heavy (non-hydrogen) atoms. The molecule has 0 aromatic heterocycles. The van der Waals surface area contributed by atoms with Crippen molar-refractivity contribution in [2.75, 3.05) is 13.2 Å². The molecule has 1 aliphatic heterocycles. The van der Waals surface area contributed by atoms with Gasteiger partial charge in [-0.2, -0.15) is 0 Å². The number of halogens is 1. The van der Waals surface area contributed by atoms with Crippen molar-refractivity contribution < 1.29 is 14.5 Å². The molecule has 3 rings (SSSR count). The van der Waals surface area contributed by atoms with Gasteiger partial charge in [0.1, 0.15) is 5.56 Å². The number of para-hydroxylation sites is 1. The summed E-state index contributed by atoms with van der Waals surface area (Å²) in [5.41, 5.74) is 0.801. The number of nitro benzene ring substituents is 1. The molecule has 1 aliphatic rings. The summed E-state index contributed by atoms with van der Waals surface area (Å²) in [6.07, 6.45) is 1.79. The lowest BCUT2D eigenvalue weighted by Crippen LogP contribution is -2.37. The number of amides is 1. The lowest BCUT2D eigenvalue weighted by Gasteiger charge is -2.25. The van der Waals surface area contributed by atoms with E-state index in [9.17, 15) is 14.9 Å². The molecule has 0 unspecified atom stereocenters. The molecular weight excluding hydrogens is 356 g/mol. The highest BCUT2D eigenvalue weighted by molar-refractivity contribution is 6.30. The van der Waals surface area contributed by atoms with E-state index in [-0.39, 0.29) is 23.3 Å². The molecule has 1 atom stereocenters. The smallest absolute Gasteiger partial charge is 0.282 e. The monoisotopic (exact) mass is 374 g/mol. The second-order valence-electron chi connectivity index (χ2n) is 6.22. The first-order chi connectivity index (χ1) is 12.5. The largest absolute Gasteiger partial charge is 0.376 e. The van der Waals surface area contributed by atoms with Crippen LogP contribution in [0, 0.1) is 10.1 Å². The van der Waals surface area contributed by atoms with E-state index >= 15 is 0 Å².